The molecule has 4 aromatic heterocycles. The molecule has 3 aliphatic rings. The van der Waals surface area contributed by atoms with Crippen LogP contribution < -0.4 is 20.0 Å². The van der Waals surface area contributed by atoms with Crippen LogP contribution in [0.3, 0.4) is 0 Å². The van der Waals surface area contributed by atoms with Gasteiger partial charge in [-0.25, -0.2) is 28.1 Å². The molecular formula is C37H38F2N10O2. The second-order valence-electron chi connectivity index (χ2n) is 13.4. The van der Waals surface area contributed by atoms with Crippen LogP contribution in [0.15, 0.2) is 73.2 Å². The van der Waals surface area contributed by atoms with Gasteiger partial charge in [0, 0.05) is 63.0 Å². The number of hydrogen-bond donors (Lipinski definition) is 1. The number of halogens is 2. The smallest absolute Gasteiger partial charge is 0.328 e. The van der Waals surface area contributed by atoms with E-state index in [0.717, 1.165) is 80.0 Å². The summed E-state index contributed by atoms with van der Waals surface area (Å²) in [6.45, 7) is 3.46. The minimum atomic E-state index is -0.584. The summed E-state index contributed by atoms with van der Waals surface area (Å²) in [7, 11) is 2.12. The number of carbonyl (C=O) groups is 2. The minimum absolute atomic E-state index is 0.227. The van der Waals surface area contributed by atoms with Gasteiger partial charge in [0.1, 0.15) is 23.3 Å². The van der Waals surface area contributed by atoms with Crippen LogP contribution in [0.5, 0.6) is 0 Å². The van der Waals surface area contributed by atoms with Crippen molar-refractivity contribution in [3.05, 3.63) is 96.1 Å². The van der Waals surface area contributed by atoms with Gasteiger partial charge in [-0.2, -0.15) is 5.10 Å². The molecule has 1 aromatic carbocycles. The van der Waals surface area contributed by atoms with Gasteiger partial charge >= 0.3 is 6.03 Å². The Hall–Kier alpha value is -5.50. The lowest BCUT2D eigenvalue weighted by Gasteiger charge is -2.37. The highest BCUT2D eigenvalue weighted by Crippen LogP contribution is 2.37. The van der Waals surface area contributed by atoms with Crippen LogP contribution in [0.4, 0.5) is 30.9 Å². The average molecular weight is 693 g/mol. The maximum absolute atomic E-state index is 14.8. The Bertz CT molecular complexity index is 2080. The third-order valence-corrected chi connectivity index (χ3v) is 10.2. The van der Waals surface area contributed by atoms with Gasteiger partial charge in [0.05, 0.1) is 41.1 Å². The molecule has 0 saturated carbocycles. The zero-order valence-electron chi connectivity index (χ0n) is 28.3. The molecule has 0 unspecified atom stereocenters. The standard InChI is InChI=1S/C37H38F2N10O2/c1-45(23-25-8-9-27(21-40-25)47-18-14-35(50)44-37(47)51)26-11-16-46(17-12-26)33-6-2-4-31(42-33)29-22-41-49-19-13-34(43-36(29)49)48-15-3-5-32(48)28-10-7-24(38)20-30(28)39/h2,4,6-10,13,19-22,26,32H,3,5,11-12,14-18,23H2,1H3,(H,44,50,51)/t32-/m1/s1. The Balaban J connectivity index is 0.924. The number of nitrogens with one attached hydrogen (secondary N) is 1. The number of amides is 3. The maximum atomic E-state index is 14.8. The fourth-order valence-electron chi connectivity index (χ4n) is 7.49. The molecule has 3 saturated heterocycles. The number of anilines is 3. The van der Waals surface area contributed by atoms with Crippen molar-refractivity contribution in [2.24, 2.45) is 0 Å². The zero-order valence-corrected chi connectivity index (χ0v) is 28.3. The number of benzene rings is 1. The predicted octanol–water partition coefficient (Wildman–Crippen LogP) is 5.35. The summed E-state index contributed by atoms with van der Waals surface area (Å²) in [6, 6.07) is 15.3. The highest BCUT2D eigenvalue weighted by atomic mass is 19.1. The van der Waals surface area contributed by atoms with Crippen molar-refractivity contribution in [3.8, 4) is 11.3 Å². The van der Waals surface area contributed by atoms with Gasteiger partial charge in [0.25, 0.3) is 0 Å². The number of piperidine rings is 1. The molecule has 12 nitrogen and oxygen atoms in total. The normalized spacial score (nSPS) is 18.7. The molecule has 3 fully saturated rings. The van der Waals surface area contributed by atoms with Crippen LogP contribution in [0, 0.1) is 11.6 Å². The number of imide groups is 1. The first-order valence-corrected chi connectivity index (χ1v) is 17.4. The molecule has 262 valence electrons. The fraction of sp³-hybridized carbons (Fsp3) is 0.351. The molecule has 1 N–H and O–H groups in total. The number of nitrogens with zero attached hydrogens (tertiary/aromatic N) is 9. The van der Waals surface area contributed by atoms with Gasteiger partial charge in [0.2, 0.25) is 5.91 Å². The molecule has 5 aromatic rings. The minimum Gasteiger partial charge on any atom is -0.356 e. The third-order valence-electron chi connectivity index (χ3n) is 10.2. The Morgan fingerprint density at radius 1 is 0.922 bits per heavy atom. The van der Waals surface area contributed by atoms with Crippen molar-refractivity contribution < 1.29 is 18.4 Å². The second-order valence-corrected chi connectivity index (χ2v) is 13.4. The van der Waals surface area contributed by atoms with Crippen LogP contribution >= 0.6 is 0 Å². The van der Waals surface area contributed by atoms with Gasteiger partial charge in [-0.1, -0.05) is 12.1 Å². The lowest BCUT2D eigenvalue weighted by atomic mass is 10.0. The lowest BCUT2D eigenvalue weighted by molar-refractivity contribution is -0.120. The molecule has 8 rings (SSSR count). The van der Waals surface area contributed by atoms with Crippen LogP contribution in [0.25, 0.3) is 16.9 Å². The molecule has 3 aliphatic heterocycles. The van der Waals surface area contributed by atoms with E-state index < -0.39 is 17.7 Å². The van der Waals surface area contributed by atoms with Crippen LogP contribution in [-0.4, -0.2) is 80.7 Å². The number of urea groups is 1. The van der Waals surface area contributed by atoms with Gasteiger partial charge in [-0.3, -0.25) is 24.9 Å². The van der Waals surface area contributed by atoms with E-state index in [4.69, 9.17) is 9.97 Å². The SMILES string of the molecule is CN(Cc1ccc(N2CCC(=O)NC2=O)cn1)C1CCN(c2cccc(-c3cnn4ccc(N5CCC[C@@H]5c5ccc(F)cc5F)nc34)n2)CC1. The molecule has 51 heavy (non-hydrogen) atoms. The van der Waals surface area contributed by atoms with E-state index in [1.807, 2.05) is 42.6 Å². The number of carbonyl (C=O) groups excluding carboxylic acids is 2. The summed E-state index contributed by atoms with van der Waals surface area (Å²) < 4.78 is 30.1. The van der Waals surface area contributed by atoms with Gasteiger partial charge < -0.3 is 9.80 Å². The van der Waals surface area contributed by atoms with E-state index in [1.165, 1.54) is 17.0 Å². The van der Waals surface area contributed by atoms with Gasteiger partial charge in [0.15, 0.2) is 5.65 Å². The number of fused-ring (bicyclic) bond motifs is 1. The molecule has 7 heterocycles. The summed E-state index contributed by atoms with van der Waals surface area (Å²) >= 11 is 0. The number of pyridine rings is 2. The van der Waals surface area contributed by atoms with Crippen molar-refractivity contribution in [2.75, 3.05) is 47.9 Å². The topological polar surface area (TPSA) is 115 Å². The quantitative estimate of drug-likeness (QED) is 0.230. The summed E-state index contributed by atoms with van der Waals surface area (Å²) in [4.78, 5) is 46.6. The van der Waals surface area contributed by atoms with Crippen molar-refractivity contribution in [2.45, 2.75) is 50.7 Å². The summed E-state index contributed by atoms with van der Waals surface area (Å²) in [6.07, 6.45) is 9.19. The Labute approximate surface area is 293 Å². The van der Waals surface area contributed by atoms with Crippen molar-refractivity contribution in [3.63, 3.8) is 0 Å². The van der Waals surface area contributed by atoms with E-state index in [-0.39, 0.29) is 18.4 Å². The van der Waals surface area contributed by atoms with Gasteiger partial charge in [-0.05, 0) is 69.1 Å². The lowest BCUT2D eigenvalue weighted by Crippen LogP contribution is -2.49. The molecular weight excluding hydrogens is 654 g/mol. The molecule has 3 amide bonds. The molecule has 1 atom stereocenters. The molecule has 14 heteroatoms. The molecule has 0 radical (unpaired) electrons. The van der Waals surface area contributed by atoms with Crippen molar-refractivity contribution >= 4 is 34.9 Å². The Morgan fingerprint density at radius 2 is 1.78 bits per heavy atom. The summed E-state index contributed by atoms with van der Waals surface area (Å²) in [5.41, 5.74) is 4.32. The molecule has 0 bridgehead atoms. The van der Waals surface area contributed by atoms with Crippen LogP contribution in [0.2, 0.25) is 0 Å². The number of aromatic nitrogens is 5. The number of hydrogen-bond acceptors (Lipinski definition) is 9. The highest BCUT2D eigenvalue weighted by molar-refractivity contribution is 6.05. The fourth-order valence-corrected chi connectivity index (χ4v) is 7.49. The molecule has 0 spiro atoms. The first kappa shape index (κ1) is 32.7. The molecule has 0 aliphatic carbocycles. The number of rotatable bonds is 8. The van der Waals surface area contributed by atoms with Crippen molar-refractivity contribution in [1.82, 2.24) is 34.8 Å². The van der Waals surface area contributed by atoms with E-state index >= 15 is 0 Å². The average Bonchev–Trinajstić information content (AvgIpc) is 3.80. The second kappa shape index (κ2) is 13.7. The summed E-state index contributed by atoms with van der Waals surface area (Å²) in [5, 5.41) is 6.89. The van der Waals surface area contributed by atoms with Crippen LogP contribution in [0.1, 0.15) is 49.4 Å². The monoisotopic (exact) mass is 692 g/mol. The Morgan fingerprint density at radius 3 is 2.57 bits per heavy atom. The van der Waals surface area contributed by atoms with E-state index in [2.05, 4.69) is 37.1 Å². The predicted molar refractivity (Wildman–Crippen MR) is 188 cm³/mol. The highest BCUT2D eigenvalue weighted by Gasteiger charge is 2.30. The third kappa shape index (κ3) is 6.58. The first-order chi connectivity index (χ1) is 24.8. The Kier molecular flexibility index (Phi) is 8.76. The zero-order chi connectivity index (χ0) is 35.1. The van der Waals surface area contributed by atoms with E-state index in [0.29, 0.717) is 36.0 Å². The van der Waals surface area contributed by atoms with Gasteiger partial charge in [-0.15, -0.1) is 0 Å². The van der Waals surface area contributed by atoms with E-state index in [9.17, 15) is 18.4 Å². The largest absolute Gasteiger partial charge is 0.356 e. The van der Waals surface area contributed by atoms with Crippen molar-refractivity contribution in [1.29, 1.82) is 0 Å². The van der Waals surface area contributed by atoms with Crippen LogP contribution in [-0.2, 0) is 11.3 Å². The summed E-state index contributed by atoms with van der Waals surface area (Å²) in [5.74, 6) is 0.239. The first-order valence-electron chi connectivity index (χ1n) is 17.4. The maximum Gasteiger partial charge on any atom is 0.328 e. The van der Waals surface area contributed by atoms with E-state index in [1.54, 1.807) is 16.9 Å².